The summed E-state index contributed by atoms with van der Waals surface area (Å²) in [7, 11) is 1.57. The summed E-state index contributed by atoms with van der Waals surface area (Å²) < 4.78 is 5.12. The molecule has 0 aliphatic carbocycles. The Kier molecular flexibility index (Phi) is 8.71. The Morgan fingerprint density at radius 2 is 1.53 bits per heavy atom. The second kappa shape index (κ2) is 11.2. The number of hydrogen-bond acceptors (Lipinski definition) is 4. The van der Waals surface area contributed by atoms with E-state index in [0.717, 1.165) is 5.69 Å². The summed E-state index contributed by atoms with van der Waals surface area (Å²) in [4.78, 5) is 25.5. The minimum absolute atomic E-state index is 0.0493. The van der Waals surface area contributed by atoms with Gasteiger partial charge in [-0.1, -0.05) is 45.9 Å². The van der Waals surface area contributed by atoms with Crippen LogP contribution in [0.1, 0.15) is 38.1 Å². The minimum Gasteiger partial charge on any atom is -0.497 e. The van der Waals surface area contributed by atoms with Crippen LogP contribution >= 0.6 is 0 Å². The van der Waals surface area contributed by atoms with Crippen molar-refractivity contribution in [3.63, 3.8) is 0 Å². The van der Waals surface area contributed by atoms with Crippen LogP contribution in [0.4, 0.5) is 5.69 Å². The average molecular weight is 412 g/mol. The molecule has 2 aromatic rings. The molecule has 0 spiro atoms. The Hall–Kier alpha value is -3.02. The summed E-state index contributed by atoms with van der Waals surface area (Å²) in [6, 6.07) is 16.2. The molecular weight excluding hydrogens is 378 g/mol. The largest absolute Gasteiger partial charge is 0.497 e. The van der Waals surface area contributed by atoms with Gasteiger partial charge in [-0.05, 0) is 48.2 Å². The number of carbonyl (C=O) groups is 2. The quantitative estimate of drug-likeness (QED) is 0.557. The van der Waals surface area contributed by atoms with E-state index in [1.54, 1.807) is 31.4 Å². The highest BCUT2D eigenvalue weighted by Crippen LogP contribution is 2.14. The van der Waals surface area contributed by atoms with Gasteiger partial charge in [-0.3, -0.25) is 9.59 Å². The van der Waals surface area contributed by atoms with Crippen molar-refractivity contribution in [3.8, 4) is 5.75 Å². The van der Waals surface area contributed by atoms with Crippen LogP contribution in [0.2, 0.25) is 0 Å². The Morgan fingerprint density at radius 1 is 0.900 bits per heavy atom. The normalized spacial score (nSPS) is 12.9. The molecule has 0 aromatic heterocycles. The van der Waals surface area contributed by atoms with E-state index >= 15 is 0 Å². The molecule has 0 fully saturated rings. The first-order valence-electron chi connectivity index (χ1n) is 10.4. The Bertz CT molecular complexity index is 804. The monoisotopic (exact) mass is 411 g/mol. The molecule has 0 bridgehead atoms. The standard InChI is InChI=1S/C24H33N3O3/c1-16(2)21(26-19-9-7-6-8-10-19)15-25-24(29)22(17(3)4)27-23(28)18-11-13-20(30-5)14-12-18/h6-14,16-17,21-22,26H,15H2,1-5H3,(H,25,29)(H,27,28). The first-order chi connectivity index (χ1) is 14.3. The fourth-order valence-corrected chi connectivity index (χ4v) is 3.02. The van der Waals surface area contributed by atoms with Crippen LogP contribution in [0.15, 0.2) is 54.6 Å². The van der Waals surface area contributed by atoms with Crippen molar-refractivity contribution in [1.82, 2.24) is 10.6 Å². The van der Waals surface area contributed by atoms with E-state index in [1.807, 2.05) is 44.2 Å². The third kappa shape index (κ3) is 6.79. The lowest BCUT2D eigenvalue weighted by molar-refractivity contribution is -0.124. The van der Waals surface area contributed by atoms with Crippen molar-refractivity contribution >= 4 is 17.5 Å². The molecule has 162 valence electrons. The van der Waals surface area contributed by atoms with Gasteiger partial charge in [0.15, 0.2) is 0 Å². The number of carbonyl (C=O) groups excluding carboxylic acids is 2. The van der Waals surface area contributed by atoms with Crippen molar-refractivity contribution in [1.29, 1.82) is 0 Å². The second-order valence-electron chi connectivity index (χ2n) is 8.03. The molecule has 0 saturated heterocycles. The van der Waals surface area contributed by atoms with E-state index in [9.17, 15) is 9.59 Å². The Morgan fingerprint density at radius 3 is 2.07 bits per heavy atom. The zero-order valence-corrected chi connectivity index (χ0v) is 18.4. The van der Waals surface area contributed by atoms with Crippen molar-refractivity contribution < 1.29 is 14.3 Å². The van der Waals surface area contributed by atoms with Gasteiger partial charge in [0.05, 0.1) is 7.11 Å². The maximum atomic E-state index is 12.9. The van der Waals surface area contributed by atoms with E-state index in [2.05, 4.69) is 29.8 Å². The third-order valence-electron chi connectivity index (χ3n) is 5.01. The molecular formula is C24H33N3O3. The SMILES string of the molecule is COc1ccc(C(=O)NC(C(=O)NCC(Nc2ccccc2)C(C)C)C(C)C)cc1. The highest BCUT2D eigenvalue weighted by molar-refractivity contribution is 5.97. The molecule has 2 rings (SSSR count). The van der Waals surface area contributed by atoms with Gasteiger partial charge < -0.3 is 20.7 Å². The molecule has 6 heteroatoms. The summed E-state index contributed by atoms with van der Waals surface area (Å²) >= 11 is 0. The molecule has 0 radical (unpaired) electrons. The summed E-state index contributed by atoms with van der Waals surface area (Å²) in [5.41, 5.74) is 1.50. The van der Waals surface area contributed by atoms with Crippen LogP contribution in [-0.2, 0) is 4.79 Å². The van der Waals surface area contributed by atoms with Gasteiger partial charge >= 0.3 is 0 Å². The van der Waals surface area contributed by atoms with Crippen LogP contribution in [0.25, 0.3) is 0 Å². The second-order valence-corrected chi connectivity index (χ2v) is 8.03. The number of hydrogen-bond donors (Lipinski definition) is 3. The van der Waals surface area contributed by atoms with Crippen LogP contribution < -0.4 is 20.7 Å². The van der Waals surface area contributed by atoms with E-state index in [4.69, 9.17) is 4.74 Å². The predicted octanol–water partition coefficient (Wildman–Crippen LogP) is 3.70. The average Bonchev–Trinajstić information content (AvgIpc) is 2.74. The predicted molar refractivity (Wildman–Crippen MR) is 121 cm³/mol. The van der Waals surface area contributed by atoms with Gasteiger partial charge in [0.25, 0.3) is 5.91 Å². The molecule has 0 aliphatic rings. The maximum absolute atomic E-state index is 12.9. The van der Waals surface area contributed by atoms with E-state index in [0.29, 0.717) is 23.8 Å². The summed E-state index contributed by atoms with van der Waals surface area (Å²) in [5.74, 6) is 0.473. The van der Waals surface area contributed by atoms with E-state index < -0.39 is 6.04 Å². The smallest absolute Gasteiger partial charge is 0.251 e. The number of methoxy groups -OCH3 is 1. The zero-order valence-electron chi connectivity index (χ0n) is 18.4. The molecule has 6 nitrogen and oxygen atoms in total. The highest BCUT2D eigenvalue weighted by atomic mass is 16.5. The van der Waals surface area contributed by atoms with Crippen molar-refractivity contribution in [2.45, 2.75) is 39.8 Å². The zero-order chi connectivity index (χ0) is 22.1. The van der Waals surface area contributed by atoms with Crippen LogP contribution in [0.3, 0.4) is 0 Å². The first-order valence-corrected chi connectivity index (χ1v) is 10.4. The summed E-state index contributed by atoms with van der Waals surface area (Å²) in [5, 5.41) is 9.33. The fourth-order valence-electron chi connectivity index (χ4n) is 3.02. The van der Waals surface area contributed by atoms with E-state index in [1.165, 1.54) is 0 Å². The molecule has 2 aromatic carbocycles. The minimum atomic E-state index is -0.621. The molecule has 2 atom stereocenters. The summed E-state index contributed by atoms with van der Waals surface area (Å²) in [6.45, 7) is 8.52. The maximum Gasteiger partial charge on any atom is 0.251 e. The van der Waals surface area contributed by atoms with Gasteiger partial charge in [-0.25, -0.2) is 0 Å². The number of benzene rings is 2. The fraction of sp³-hybridized carbons (Fsp3) is 0.417. The number of ether oxygens (including phenoxy) is 1. The first kappa shape index (κ1) is 23.3. The number of rotatable bonds is 10. The van der Waals surface area contributed by atoms with Crippen molar-refractivity contribution in [2.24, 2.45) is 11.8 Å². The number of nitrogens with one attached hydrogen (secondary N) is 3. The molecule has 2 unspecified atom stereocenters. The van der Waals surface area contributed by atoms with Gasteiger partial charge in [0.1, 0.15) is 11.8 Å². The number of amides is 2. The van der Waals surface area contributed by atoms with Gasteiger partial charge in [0, 0.05) is 23.8 Å². The van der Waals surface area contributed by atoms with Crippen LogP contribution in [0.5, 0.6) is 5.75 Å². The molecule has 0 aliphatic heterocycles. The van der Waals surface area contributed by atoms with Crippen molar-refractivity contribution in [2.75, 3.05) is 19.0 Å². The van der Waals surface area contributed by atoms with Crippen LogP contribution in [-0.4, -0.2) is 37.6 Å². The molecule has 3 N–H and O–H groups in total. The molecule has 0 saturated carbocycles. The molecule has 0 heterocycles. The molecule has 2 amide bonds. The lowest BCUT2D eigenvalue weighted by atomic mass is 10.0. The number of para-hydroxylation sites is 1. The van der Waals surface area contributed by atoms with Gasteiger partial charge in [-0.2, -0.15) is 0 Å². The molecule has 30 heavy (non-hydrogen) atoms. The summed E-state index contributed by atoms with van der Waals surface area (Å²) in [6.07, 6.45) is 0. The highest BCUT2D eigenvalue weighted by Gasteiger charge is 2.25. The topological polar surface area (TPSA) is 79.5 Å². The third-order valence-corrected chi connectivity index (χ3v) is 5.01. The van der Waals surface area contributed by atoms with E-state index in [-0.39, 0.29) is 23.8 Å². The Labute approximate surface area is 179 Å². The lowest BCUT2D eigenvalue weighted by Gasteiger charge is -2.27. The van der Waals surface area contributed by atoms with Crippen LogP contribution in [0, 0.1) is 11.8 Å². The number of anilines is 1. The Balaban J connectivity index is 1.98. The van der Waals surface area contributed by atoms with Crippen molar-refractivity contribution in [3.05, 3.63) is 60.2 Å². The van der Waals surface area contributed by atoms with Gasteiger partial charge in [0.2, 0.25) is 5.91 Å². The lowest BCUT2D eigenvalue weighted by Crippen LogP contribution is -2.52. The van der Waals surface area contributed by atoms with Gasteiger partial charge in [-0.15, -0.1) is 0 Å².